The van der Waals surface area contributed by atoms with Gasteiger partial charge in [0.25, 0.3) is 11.8 Å². The molecule has 2 aliphatic heterocycles. The van der Waals surface area contributed by atoms with E-state index in [1.54, 1.807) is 47.4 Å². The molecule has 216 valence electrons. The van der Waals surface area contributed by atoms with Crippen LogP contribution in [0.5, 0.6) is 0 Å². The fourth-order valence-electron chi connectivity index (χ4n) is 5.97. The lowest BCUT2D eigenvalue weighted by Crippen LogP contribution is -2.53. The van der Waals surface area contributed by atoms with Crippen molar-refractivity contribution in [3.05, 3.63) is 110 Å². The lowest BCUT2D eigenvalue weighted by molar-refractivity contribution is -0.121. The van der Waals surface area contributed by atoms with Crippen LogP contribution in [-0.2, 0) is 16.1 Å². The second-order valence-corrected chi connectivity index (χ2v) is 12.8. The molecule has 1 spiro atoms. The van der Waals surface area contributed by atoms with E-state index in [2.05, 4.69) is 10.2 Å². The molecule has 2 amide bonds. The number of hydrogen-bond acceptors (Lipinski definition) is 8. The van der Waals surface area contributed by atoms with Crippen LogP contribution in [0.1, 0.15) is 51.7 Å². The molecule has 2 aromatic heterocycles. The Kier molecular flexibility index (Phi) is 6.48. The number of fused-ring (bicyclic) bond motifs is 5. The third kappa shape index (κ3) is 3.91. The summed E-state index contributed by atoms with van der Waals surface area (Å²) in [5.74, 6) is -1.27. The Hall–Kier alpha value is -4.35. The van der Waals surface area contributed by atoms with Crippen molar-refractivity contribution in [2.75, 3.05) is 16.3 Å². The Morgan fingerprint density at radius 2 is 1.74 bits per heavy atom. The van der Waals surface area contributed by atoms with Gasteiger partial charge in [0.2, 0.25) is 10.9 Å². The normalized spacial score (nSPS) is 17.4. The Labute approximate surface area is 254 Å². The summed E-state index contributed by atoms with van der Waals surface area (Å²) in [6.45, 7) is 6.16. The van der Waals surface area contributed by atoms with E-state index in [1.807, 2.05) is 32.9 Å². The number of benzene rings is 3. The molecule has 0 bridgehead atoms. The first-order chi connectivity index (χ1) is 20.8. The number of aryl methyl sites for hydroxylation is 2. The molecule has 4 heterocycles. The smallest absolute Gasteiger partial charge is 0.297 e. The average molecular weight is 613 g/mol. The zero-order valence-corrected chi connectivity index (χ0v) is 25.1. The summed E-state index contributed by atoms with van der Waals surface area (Å²) in [4.78, 5) is 46.4. The highest BCUT2D eigenvalue weighted by Crippen LogP contribution is 2.54. The number of hydrogen-bond donors (Lipinski definition) is 0. The van der Waals surface area contributed by atoms with Crippen LogP contribution in [0.4, 0.5) is 15.2 Å². The molecule has 3 aromatic carbocycles. The molecule has 11 heteroatoms. The van der Waals surface area contributed by atoms with E-state index in [0.29, 0.717) is 45.3 Å². The van der Waals surface area contributed by atoms with E-state index in [0.717, 1.165) is 22.5 Å². The Morgan fingerprint density at radius 1 is 1.00 bits per heavy atom. The van der Waals surface area contributed by atoms with Crippen molar-refractivity contribution in [2.24, 2.45) is 0 Å². The van der Waals surface area contributed by atoms with E-state index in [-0.39, 0.29) is 27.9 Å². The van der Waals surface area contributed by atoms with E-state index in [9.17, 15) is 18.8 Å². The minimum atomic E-state index is -1.82. The number of carbonyl (C=O) groups excluding carboxylic acids is 2. The van der Waals surface area contributed by atoms with Crippen LogP contribution in [0.25, 0.3) is 11.0 Å². The topological polar surface area (TPSA) is 96.6 Å². The monoisotopic (exact) mass is 612 g/mol. The standard InChI is InChI=1S/C32H25FN4O4S2/c1-4-13-36-23-12-8-6-10-21(23)32(29(36)40)25-26(38)20-14-17(2)18(3)15-24(20)41-27(25)28(39)37(32)30-34-35-31(43-30)42-16-19-9-5-7-11-22(19)33/h5-12,14-15H,4,13,16H2,1-3H3. The van der Waals surface area contributed by atoms with Crippen molar-refractivity contribution >= 4 is 56.7 Å². The highest BCUT2D eigenvalue weighted by Gasteiger charge is 2.66. The number of nitrogens with zero attached hydrogens (tertiary/aromatic N) is 4. The molecule has 2 aliphatic rings. The maximum atomic E-state index is 14.7. The van der Waals surface area contributed by atoms with Crippen LogP contribution in [-0.4, -0.2) is 28.6 Å². The van der Waals surface area contributed by atoms with Gasteiger partial charge in [-0.15, -0.1) is 10.2 Å². The van der Waals surface area contributed by atoms with E-state index in [1.165, 1.54) is 22.7 Å². The lowest BCUT2D eigenvalue weighted by Gasteiger charge is -2.32. The maximum absolute atomic E-state index is 14.7. The molecule has 0 saturated heterocycles. The van der Waals surface area contributed by atoms with Gasteiger partial charge in [-0.1, -0.05) is 66.4 Å². The SMILES string of the molecule is CCCN1C(=O)C2(c3ccccc31)c1c(oc3cc(C)c(C)cc3c1=O)C(=O)N2c1nnc(SCc2ccccc2F)s1. The third-order valence-corrected chi connectivity index (χ3v) is 10.2. The van der Waals surface area contributed by atoms with Gasteiger partial charge in [0.05, 0.1) is 16.6 Å². The van der Waals surface area contributed by atoms with Gasteiger partial charge in [-0.25, -0.2) is 4.39 Å². The molecule has 7 rings (SSSR count). The first-order valence-corrected chi connectivity index (χ1v) is 15.6. The van der Waals surface area contributed by atoms with Crippen molar-refractivity contribution in [2.45, 2.75) is 42.8 Å². The van der Waals surface area contributed by atoms with Gasteiger partial charge in [-0.05, 0) is 61.2 Å². The minimum Gasteiger partial charge on any atom is -0.450 e. The number of anilines is 2. The van der Waals surface area contributed by atoms with Gasteiger partial charge in [-0.3, -0.25) is 19.3 Å². The fraction of sp³-hybridized carbons (Fsp3) is 0.219. The van der Waals surface area contributed by atoms with Crippen LogP contribution >= 0.6 is 23.1 Å². The quantitative estimate of drug-likeness (QED) is 0.163. The molecule has 5 aromatic rings. The highest BCUT2D eigenvalue weighted by molar-refractivity contribution is 8.00. The second kappa shape index (κ2) is 10.1. The minimum absolute atomic E-state index is 0.0138. The zero-order chi connectivity index (χ0) is 30.0. The number of para-hydroxylation sites is 1. The van der Waals surface area contributed by atoms with Gasteiger partial charge in [-0.2, -0.15) is 0 Å². The molecular weight excluding hydrogens is 588 g/mol. The molecule has 1 atom stereocenters. The Bertz CT molecular complexity index is 2040. The van der Waals surface area contributed by atoms with E-state index < -0.39 is 22.8 Å². The molecule has 0 aliphatic carbocycles. The molecule has 8 nitrogen and oxygen atoms in total. The fourth-order valence-corrected chi connectivity index (χ4v) is 7.85. The van der Waals surface area contributed by atoms with Crippen molar-refractivity contribution in [3.8, 4) is 0 Å². The molecule has 0 N–H and O–H groups in total. The van der Waals surface area contributed by atoms with Crippen molar-refractivity contribution in [1.82, 2.24) is 10.2 Å². The Balaban J connectivity index is 1.45. The zero-order valence-electron chi connectivity index (χ0n) is 23.5. The van der Waals surface area contributed by atoms with E-state index in [4.69, 9.17) is 4.42 Å². The third-order valence-electron chi connectivity index (χ3n) is 8.08. The van der Waals surface area contributed by atoms with Gasteiger partial charge in [0.15, 0.2) is 15.3 Å². The van der Waals surface area contributed by atoms with Crippen molar-refractivity contribution < 1.29 is 18.4 Å². The predicted molar refractivity (Wildman–Crippen MR) is 165 cm³/mol. The molecule has 0 fully saturated rings. The number of rotatable bonds is 6. The summed E-state index contributed by atoms with van der Waals surface area (Å²) in [6.07, 6.45) is 0.664. The molecular formula is C32H25FN4O4S2. The summed E-state index contributed by atoms with van der Waals surface area (Å²) in [5, 5.41) is 9.05. The summed E-state index contributed by atoms with van der Waals surface area (Å²) < 4.78 is 20.9. The molecule has 0 saturated carbocycles. The average Bonchev–Trinajstić information content (AvgIpc) is 3.63. The van der Waals surface area contributed by atoms with Gasteiger partial charge < -0.3 is 9.32 Å². The first-order valence-electron chi connectivity index (χ1n) is 13.8. The predicted octanol–water partition coefficient (Wildman–Crippen LogP) is 6.35. The van der Waals surface area contributed by atoms with Crippen LogP contribution in [0.15, 0.2) is 74.2 Å². The highest BCUT2D eigenvalue weighted by atomic mass is 32.2. The van der Waals surface area contributed by atoms with Crippen LogP contribution in [0, 0.1) is 19.7 Å². The largest absolute Gasteiger partial charge is 0.450 e. The summed E-state index contributed by atoms with van der Waals surface area (Å²) in [6, 6.07) is 17.2. The Morgan fingerprint density at radius 3 is 2.53 bits per heavy atom. The molecule has 1 unspecified atom stereocenters. The number of carbonyl (C=O) groups is 2. The second-order valence-electron chi connectivity index (χ2n) is 10.6. The number of amides is 2. The summed E-state index contributed by atoms with van der Waals surface area (Å²) in [5.41, 5.74) is 1.44. The van der Waals surface area contributed by atoms with Crippen molar-refractivity contribution in [3.63, 3.8) is 0 Å². The summed E-state index contributed by atoms with van der Waals surface area (Å²) >= 11 is 2.38. The van der Waals surface area contributed by atoms with E-state index >= 15 is 0 Å². The molecule has 0 radical (unpaired) electrons. The van der Waals surface area contributed by atoms with Crippen LogP contribution in [0.2, 0.25) is 0 Å². The first kappa shape index (κ1) is 27.5. The van der Waals surface area contributed by atoms with Crippen LogP contribution in [0.3, 0.4) is 0 Å². The number of thioether (sulfide) groups is 1. The maximum Gasteiger partial charge on any atom is 0.297 e. The lowest BCUT2D eigenvalue weighted by atomic mass is 9.84. The van der Waals surface area contributed by atoms with Crippen molar-refractivity contribution in [1.29, 1.82) is 0 Å². The van der Waals surface area contributed by atoms with Gasteiger partial charge >= 0.3 is 0 Å². The molecule has 43 heavy (non-hydrogen) atoms. The summed E-state index contributed by atoms with van der Waals surface area (Å²) in [7, 11) is 0. The number of halogens is 1. The number of aromatic nitrogens is 2. The van der Waals surface area contributed by atoms with Crippen LogP contribution < -0.4 is 15.2 Å². The van der Waals surface area contributed by atoms with Gasteiger partial charge in [0, 0.05) is 17.9 Å². The van der Waals surface area contributed by atoms with Gasteiger partial charge in [0.1, 0.15) is 11.4 Å².